The molecule has 1 unspecified atom stereocenters. The molecule has 1 aromatic carbocycles. The van der Waals surface area contributed by atoms with Crippen molar-refractivity contribution in [1.29, 1.82) is 0 Å². The third kappa shape index (κ3) is 4.14. The van der Waals surface area contributed by atoms with Gasteiger partial charge in [0.25, 0.3) is 0 Å². The Bertz CT molecular complexity index is 554. The smallest absolute Gasteiger partial charge is 0.412 e. The van der Waals surface area contributed by atoms with E-state index in [0.29, 0.717) is 24.3 Å². The SMILES string of the molecule is CC(C)(C)OC(=O)Nc1ccccc1N1CC(S)CC1=O. The van der Waals surface area contributed by atoms with E-state index >= 15 is 0 Å². The van der Waals surface area contributed by atoms with Crippen LogP contribution in [0.15, 0.2) is 24.3 Å². The molecule has 1 heterocycles. The van der Waals surface area contributed by atoms with Gasteiger partial charge in [0.1, 0.15) is 5.60 Å². The molecule has 5 nitrogen and oxygen atoms in total. The molecule has 114 valence electrons. The molecule has 1 aliphatic rings. The number of carbonyl (C=O) groups excluding carboxylic acids is 2. The summed E-state index contributed by atoms with van der Waals surface area (Å²) in [6.07, 6.45) is -0.131. The van der Waals surface area contributed by atoms with Crippen molar-refractivity contribution in [3.63, 3.8) is 0 Å². The van der Waals surface area contributed by atoms with E-state index in [2.05, 4.69) is 17.9 Å². The minimum atomic E-state index is -0.571. The maximum Gasteiger partial charge on any atom is 0.412 e. The standard InChI is InChI=1S/C15H20N2O3S/c1-15(2,3)20-14(19)16-11-6-4-5-7-12(11)17-9-10(21)8-13(17)18/h4-7,10,21H,8-9H2,1-3H3,(H,16,19). The number of ether oxygens (including phenoxy) is 1. The quantitative estimate of drug-likeness (QED) is 0.826. The van der Waals surface area contributed by atoms with E-state index in [-0.39, 0.29) is 11.2 Å². The highest BCUT2D eigenvalue weighted by Crippen LogP contribution is 2.31. The lowest BCUT2D eigenvalue weighted by atomic mass is 10.2. The maximum atomic E-state index is 12.0. The van der Waals surface area contributed by atoms with Crippen molar-refractivity contribution < 1.29 is 14.3 Å². The van der Waals surface area contributed by atoms with Crippen molar-refractivity contribution >= 4 is 36.0 Å². The van der Waals surface area contributed by atoms with E-state index in [1.807, 2.05) is 6.07 Å². The molecule has 0 spiro atoms. The Hall–Kier alpha value is -1.69. The van der Waals surface area contributed by atoms with Crippen LogP contribution in [0.25, 0.3) is 0 Å². The molecule has 1 aliphatic heterocycles. The minimum Gasteiger partial charge on any atom is -0.444 e. The fourth-order valence-electron chi connectivity index (χ4n) is 2.15. The lowest BCUT2D eigenvalue weighted by molar-refractivity contribution is -0.117. The number of thiol groups is 1. The molecule has 0 bridgehead atoms. The first kappa shape index (κ1) is 15.7. The maximum absolute atomic E-state index is 12.0. The molecule has 2 amide bonds. The van der Waals surface area contributed by atoms with Gasteiger partial charge in [-0.15, -0.1) is 0 Å². The van der Waals surface area contributed by atoms with Crippen LogP contribution in [-0.2, 0) is 9.53 Å². The first-order valence-corrected chi connectivity index (χ1v) is 7.35. The van der Waals surface area contributed by atoms with Crippen molar-refractivity contribution in [3.8, 4) is 0 Å². The van der Waals surface area contributed by atoms with E-state index in [1.165, 1.54) is 0 Å². The summed E-state index contributed by atoms with van der Waals surface area (Å²) >= 11 is 4.35. The van der Waals surface area contributed by atoms with Crippen molar-refractivity contribution in [3.05, 3.63) is 24.3 Å². The van der Waals surface area contributed by atoms with E-state index in [0.717, 1.165) is 0 Å². The van der Waals surface area contributed by atoms with Gasteiger partial charge in [0.15, 0.2) is 0 Å². The average Bonchev–Trinajstić information content (AvgIpc) is 2.66. The Labute approximate surface area is 130 Å². The highest BCUT2D eigenvalue weighted by molar-refractivity contribution is 7.81. The Balaban J connectivity index is 2.18. The highest BCUT2D eigenvalue weighted by Gasteiger charge is 2.30. The Kier molecular flexibility index (Phi) is 4.46. The van der Waals surface area contributed by atoms with Gasteiger partial charge in [0, 0.05) is 18.2 Å². The fourth-order valence-corrected chi connectivity index (χ4v) is 2.47. The summed E-state index contributed by atoms with van der Waals surface area (Å²) in [4.78, 5) is 25.5. The topological polar surface area (TPSA) is 58.6 Å². The zero-order valence-corrected chi connectivity index (χ0v) is 13.3. The summed E-state index contributed by atoms with van der Waals surface area (Å²) in [7, 11) is 0. The predicted molar refractivity (Wildman–Crippen MR) is 86.0 cm³/mol. The van der Waals surface area contributed by atoms with Crippen molar-refractivity contribution in [2.75, 3.05) is 16.8 Å². The Morgan fingerprint density at radius 1 is 1.38 bits per heavy atom. The fraction of sp³-hybridized carbons (Fsp3) is 0.467. The third-order valence-electron chi connectivity index (χ3n) is 2.94. The first-order chi connectivity index (χ1) is 9.76. The summed E-state index contributed by atoms with van der Waals surface area (Å²) in [5, 5.41) is 2.72. The minimum absolute atomic E-state index is 0.00781. The van der Waals surface area contributed by atoms with Gasteiger partial charge in [-0.2, -0.15) is 12.6 Å². The summed E-state index contributed by atoms with van der Waals surface area (Å²) in [6.45, 7) is 5.94. The number of hydrogen-bond acceptors (Lipinski definition) is 4. The van der Waals surface area contributed by atoms with Gasteiger partial charge in [-0.05, 0) is 32.9 Å². The zero-order chi connectivity index (χ0) is 15.6. The molecule has 1 fully saturated rings. The number of anilines is 2. The molecule has 1 saturated heterocycles. The number of rotatable bonds is 2. The molecular formula is C15H20N2O3S. The lowest BCUT2D eigenvalue weighted by Crippen LogP contribution is -2.29. The Morgan fingerprint density at radius 3 is 2.62 bits per heavy atom. The number of benzene rings is 1. The van der Waals surface area contributed by atoms with Crippen LogP contribution in [0.5, 0.6) is 0 Å². The van der Waals surface area contributed by atoms with Gasteiger partial charge in [-0.3, -0.25) is 10.1 Å². The van der Waals surface area contributed by atoms with E-state index < -0.39 is 11.7 Å². The highest BCUT2D eigenvalue weighted by atomic mass is 32.1. The second-order valence-corrected chi connectivity index (χ2v) is 6.74. The van der Waals surface area contributed by atoms with Crippen LogP contribution >= 0.6 is 12.6 Å². The largest absolute Gasteiger partial charge is 0.444 e. The van der Waals surface area contributed by atoms with Crippen molar-refractivity contribution in [2.45, 2.75) is 38.0 Å². The zero-order valence-electron chi connectivity index (χ0n) is 12.4. The number of hydrogen-bond donors (Lipinski definition) is 2. The van der Waals surface area contributed by atoms with Gasteiger partial charge >= 0.3 is 6.09 Å². The van der Waals surface area contributed by atoms with Crippen molar-refractivity contribution in [1.82, 2.24) is 0 Å². The molecule has 0 saturated carbocycles. The number of carbonyl (C=O) groups is 2. The van der Waals surface area contributed by atoms with Crippen LogP contribution < -0.4 is 10.2 Å². The van der Waals surface area contributed by atoms with E-state index in [4.69, 9.17) is 4.74 Å². The second kappa shape index (κ2) is 5.97. The number of para-hydroxylation sites is 2. The molecule has 1 N–H and O–H groups in total. The second-order valence-electron chi connectivity index (χ2n) is 6.01. The molecule has 21 heavy (non-hydrogen) atoms. The molecule has 2 rings (SSSR count). The summed E-state index contributed by atoms with van der Waals surface area (Å²) < 4.78 is 5.24. The number of amides is 2. The number of nitrogens with one attached hydrogen (secondary N) is 1. The van der Waals surface area contributed by atoms with Crippen LogP contribution in [0.3, 0.4) is 0 Å². The molecule has 0 aliphatic carbocycles. The molecule has 0 radical (unpaired) electrons. The molecule has 1 aromatic rings. The summed E-state index contributed by atoms with van der Waals surface area (Å²) in [5.41, 5.74) is 0.658. The van der Waals surface area contributed by atoms with Crippen LogP contribution in [0.1, 0.15) is 27.2 Å². The summed E-state index contributed by atoms with van der Waals surface area (Å²) in [5.74, 6) is 0.00781. The van der Waals surface area contributed by atoms with Crippen LogP contribution in [0.4, 0.5) is 16.2 Å². The van der Waals surface area contributed by atoms with E-state index in [1.54, 1.807) is 43.9 Å². The number of nitrogens with zero attached hydrogens (tertiary/aromatic N) is 1. The first-order valence-electron chi connectivity index (χ1n) is 6.84. The van der Waals surface area contributed by atoms with Crippen LogP contribution in [-0.4, -0.2) is 29.4 Å². The van der Waals surface area contributed by atoms with Crippen molar-refractivity contribution in [2.24, 2.45) is 0 Å². The molecule has 0 aromatic heterocycles. The monoisotopic (exact) mass is 308 g/mol. The van der Waals surface area contributed by atoms with Crippen LogP contribution in [0.2, 0.25) is 0 Å². The third-order valence-corrected chi connectivity index (χ3v) is 3.28. The average molecular weight is 308 g/mol. The van der Waals surface area contributed by atoms with Gasteiger partial charge in [-0.25, -0.2) is 4.79 Å². The molecular weight excluding hydrogens is 288 g/mol. The summed E-state index contributed by atoms with van der Waals surface area (Å²) in [6, 6.07) is 7.18. The van der Waals surface area contributed by atoms with Gasteiger partial charge in [-0.1, -0.05) is 12.1 Å². The van der Waals surface area contributed by atoms with Crippen LogP contribution in [0, 0.1) is 0 Å². The molecule has 1 atom stereocenters. The van der Waals surface area contributed by atoms with Gasteiger partial charge < -0.3 is 9.64 Å². The molecule has 6 heteroatoms. The van der Waals surface area contributed by atoms with Gasteiger partial charge in [0.2, 0.25) is 5.91 Å². The lowest BCUT2D eigenvalue weighted by Gasteiger charge is -2.23. The van der Waals surface area contributed by atoms with E-state index in [9.17, 15) is 9.59 Å². The predicted octanol–water partition coefficient (Wildman–Crippen LogP) is 3.07. The Morgan fingerprint density at radius 2 is 2.05 bits per heavy atom. The van der Waals surface area contributed by atoms with Gasteiger partial charge in [0.05, 0.1) is 11.4 Å². The normalized spacial score (nSPS) is 18.8.